The van der Waals surface area contributed by atoms with Gasteiger partial charge in [0.05, 0.1) is 10.6 Å². The maximum Gasteiger partial charge on any atom is 0.323 e. The van der Waals surface area contributed by atoms with E-state index in [1.807, 2.05) is 19.1 Å². The molecule has 0 spiro atoms. The molecule has 0 atom stereocenters. The van der Waals surface area contributed by atoms with Crippen LogP contribution in [-0.2, 0) is 0 Å². The number of urea groups is 1. The molecule has 2 rings (SSSR count). The fraction of sp³-hybridized carbons (Fsp3) is 0.0714. The second-order valence-corrected chi connectivity index (χ2v) is 5.22. The Balaban J connectivity index is 2.08. The molecule has 0 saturated carbocycles. The van der Waals surface area contributed by atoms with Gasteiger partial charge in [0.15, 0.2) is 0 Å². The number of amides is 2. The summed E-state index contributed by atoms with van der Waals surface area (Å²) in [4.78, 5) is 22.1. The summed E-state index contributed by atoms with van der Waals surface area (Å²) < 4.78 is 0.761. The van der Waals surface area contributed by atoms with E-state index in [1.165, 1.54) is 18.2 Å². The van der Waals surface area contributed by atoms with Gasteiger partial charge in [-0.2, -0.15) is 0 Å². The monoisotopic (exact) mass is 349 g/mol. The first-order valence-electron chi connectivity index (χ1n) is 6.04. The molecule has 0 aromatic heterocycles. The van der Waals surface area contributed by atoms with E-state index in [0.717, 1.165) is 10.0 Å². The third-order valence-corrected chi connectivity index (χ3v) is 3.34. The highest BCUT2D eigenvalue weighted by Crippen LogP contribution is 2.24. The number of benzene rings is 2. The van der Waals surface area contributed by atoms with E-state index in [0.29, 0.717) is 11.4 Å². The molecule has 6 nitrogen and oxygen atoms in total. The molecule has 0 aliphatic carbocycles. The first-order valence-corrected chi connectivity index (χ1v) is 6.83. The molecule has 0 radical (unpaired) electrons. The Morgan fingerprint density at radius 2 is 1.95 bits per heavy atom. The van der Waals surface area contributed by atoms with E-state index in [2.05, 4.69) is 26.6 Å². The van der Waals surface area contributed by atoms with E-state index in [-0.39, 0.29) is 5.69 Å². The Bertz CT molecular complexity index is 704. The summed E-state index contributed by atoms with van der Waals surface area (Å²) in [6.45, 7) is 1.94. The van der Waals surface area contributed by atoms with Gasteiger partial charge in [0.25, 0.3) is 5.69 Å². The highest BCUT2D eigenvalue weighted by molar-refractivity contribution is 9.10. The van der Waals surface area contributed by atoms with Crippen molar-refractivity contribution in [1.29, 1.82) is 0 Å². The highest BCUT2D eigenvalue weighted by atomic mass is 79.9. The third kappa shape index (κ3) is 4.03. The minimum atomic E-state index is -0.514. The van der Waals surface area contributed by atoms with Crippen molar-refractivity contribution in [2.24, 2.45) is 0 Å². The minimum absolute atomic E-state index is 0.0793. The molecular formula is C14H12BrN3O3. The highest BCUT2D eigenvalue weighted by Gasteiger charge is 2.09. The average molecular weight is 350 g/mol. The standard InChI is InChI=1S/C14H12BrN3O3/c1-9-5-6-13(12(15)7-9)17-14(19)16-10-3-2-4-11(8-10)18(20)21/h2-8H,1H3,(H2,16,17,19). The number of anilines is 2. The fourth-order valence-electron chi connectivity index (χ4n) is 1.70. The second kappa shape index (κ2) is 6.36. The van der Waals surface area contributed by atoms with Gasteiger partial charge in [-0.1, -0.05) is 12.1 Å². The number of rotatable bonds is 3. The predicted octanol–water partition coefficient (Wildman–Crippen LogP) is 4.31. The van der Waals surface area contributed by atoms with Crippen LogP contribution in [0, 0.1) is 17.0 Å². The SMILES string of the molecule is Cc1ccc(NC(=O)Nc2cccc([N+](=O)[O-])c2)c(Br)c1. The molecule has 2 aromatic carbocycles. The molecule has 0 bridgehead atoms. The van der Waals surface area contributed by atoms with E-state index in [4.69, 9.17) is 0 Å². The number of carbonyl (C=O) groups excluding carboxylic acids is 1. The number of hydrogen-bond donors (Lipinski definition) is 2. The molecular weight excluding hydrogens is 338 g/mol. The molecule has 7 heteroatoms. The van der Waals surface area contributed by atoms with E-state index >= 15 is 0 Å². The van der Waals surface area contributed by atoms with Gasteiger partial charge in [0.2, 0.25) is 0 Å². The number of aryl methyl sites for hydroxylation is 1. The van der Waals surface area contributed by atoms with Crippen LogP contribution in [0.1, 0.15) is 5.56 Å². The van der Waals surface area contributed by atoms with Gasteiger partial charge in [-0.3, -0.25) is 10.1 Å². The lowest BCUT2D eigenvalue weighted by atomic mass is 10.2. The number of halogens is 1. The summed E-state index contributed by atoms with van der Waals surface area (Å²) >= 11 is 3.36. The maximum absolute atomic E-state index is 11.9. The van der Waals surface area contributed by atoms with Crippen LogP contribution in [0.3, 0.4) is 0 Å². The fourth-order valence-corrected chi connectivity index (χ4v) is 2.30. The molecule has 0 fully saturated rings. The van der Waals surface area contributed by atoms with Gasteiger partial charge in [0.1, 0.15) is 0 Å². The predicted molar refractivity (Wildman–Crippen MR) is 84.6 cm³/mol. The number of hydrogen-bond acceptors (Lipinski definition) is 3. The zero-order chi connectivity index (χ0) is 15.4. The number of nitro benzene ring substituents is 1. The van der Waals surface area contributed by atoms with Crippen LogP contribution in [0.2, 0.25) is 0 Å². The molecule has 0 heterocycles. The van der Waals surface area contributed by atoms with Gasteiger partial charge in [-0.25, -0.2) is 4.79 Å². The summed E-state index contributed by atoms with van der Waals surface area (Å²) in [7, 11) is 0. The molecule has 0 aliphatic heterocycles. The molecule has 108 valence electrons. The van der Waals surface area contributed by atoms with Gasteiger partial charge < -0.3 is 10.6 Å². The molecule has 0 saturated heterocycles. The summed E-state index contributed by atoms with van der Waals surface area (Å²) in [5.41, 5.74) is 1.95. The van der Waals surface area contributed by atoms with E-state index in [1.54, 1.807) is 12.1 Å². The normalized spacial score (nSPS) is 10.0. The van der Waals surface area contributed by atoms with Crippen molar-refractivity contribution >= 4 is 39.0 Å². The minimum Gasteiger partial charge on any atom is -0.307 e. The zero-order valence-electron chi connectivity index (χ0n) is 11.1. The van der Waals surface area contributed by atoms with Crippen molar-refractivity contribution in [2.75, 3.05) is 10.6 Å². The second-order valence-electron chi connectivity index (χ2n) is 4.37. The van der Waals surface area contributed by atoms with Crippen LogP contribution in [0.15, 0.2) is 46.9 Å². The van der Waals surface area contributed by atoms with Crippen LogP contribution < -0.4 is 10.6 Å². The molecule has 2 aromatic rings. The lowest BCUT2D eigenvalue weighted by Crippen LogP contribution is -2.19. The van der Waals surface area contributed by atoms with Gasteiger partial charge in [0, 0.05) is 22.3 Å². The van der Waals surface area contributed by atoms with Crippen LogP contribution in [0.25, 0.3) is 0 Å². The van der Waals surface area contributed by atoms with Crippen molar-refractivity contribution in [3.05, 3.63) is 62.6 Å². The van der Waals surface area contributed by atoms with Crippen LogP contribution in [-0.4, -0.2) is 11.0 Å². The summed E-state index contributed by atoms with van der Waals surface area (Å²) in [6, 6.07) is 10.8. The summed E-state index contributed by atoms with van der Waals surface area (Å²) in [6.07, 6.45) is 0. The number of non-ortho nitro benzene ring substituents is 1. The third-order valence-electron chi connectivity index (χ3n) is 2.69. The Morgan fingerprint density at radius 3 is 2.62 bits per heavy atom. The van der Waals surface area contributed by atoms with Crippen molar-refractivity contribution in [1.82, 2.24) is 0 Å². The lowest BCUT2D eigenvalue weighted by Gasteiger charge is -2.09. The smallest absolute Gasteiger partial charge is 0.307 e. The first kappa shape index (κ1) is 15.0. The van der Waals surface area contributed by atoms with Crippen molar-refractivity contribution in [2.45, 2.75) is 6.92 Å². The Morgan fingerprint density at radius 1 is 1.19 bits per heavy atom. The number of nitrogens with zero attached hydrogens (tertiary/aromatic N) is 1. The zero-order valence-corrected chi connectivity index (χ0v) is 12.7. The van der Waals surface area contributed by atoms with Gasteiger partial charge in [-0.15, -0.1) is 0 Å². The molecule has 2 amide bonds. The maximum atomic E-state index is 11.9. The number of nitro groups is 1. The number of carbonyl (C=O) groups is 1. The first-order chi connectivity index (χ1) is 9.95. The van der Waals surface area contributed by atoms with Crippen molar-refractivity contribution < 1.29 is 9.72 Å². The van der Waals surface area contributed by atoms with Gasteiger partial charge >= 0.3 is 6.03 Å². The largest absolute Gasteiger partial charge is 0.323 e. The molecule has 0 aliphatic rings. The lowest BCUT2D eigenvalue weighted by molar-refractivity contribution is -0.384. The van der Waals surface area contributed by atoms with Crippen LogP contribution in [0.4, 0.5) is 21.9 Å². The van der Waals surface area contributed by atoms with Gasteiger partial charge in [-0.05, 0) is 46.6 Å². The number of nitrogens with one attached hydrogen (secondary N) is 2. The van der Waals surface area contributed by atoms with Crippen LogP contribution in [0.5, 0.6) is 0 Å². The molecule has 21 heavy (non-hydrogen) atoms. The average Bonchev–Trinajstić information content (AvgIpc) is 2.42. The quantitative estimate of drug-likeness (QED) is 0.639. The Kier molecular flexibility index (Phi) is 4.54. The Hall–Kier alpha value is -2.41. The van der Waals surface area contributed by atoms with Crippen molar-refractivity contribution in [3.63, 3.8) is 0 Å². The Labute approximate surface area is 129 Å². The summed E-state index contributed by atoms with van der Waals surface area (Å²) in [5.74, 6) is 0. The molecule has 2 N–H and O–H groups in total. The topological polar surface area (TPSA) is 84.3 Å². The van der Waals surface area contributed by atoms with E-state index < -0.39 is 11.0 Å². The van der Waals surface area contributed by atoms with E-state index in [9.17, 15) is 14.9 Å². The summed E-state index contributed by atoms with van der Waals surface area (Å²) in [5, 5.41) is 15.9. The van der Waals surface area contributed by atoms with Crippen LogP contribution >= 0.6 is 15.9 Å². The molecule has 0 unspecified atom stereocenters. The van der Waals surface area contributed by atoms with Crippen molar-refractivity contribution in [3.8, 4) is 0 Å².